The predicted molar refractivity (Wildman–Crippen MR) is 80.8 cm³/mol. The lowest BCUT2D eigenvalue weighted by Gasteiger charge is -2.31. The Balaban J connectivity index is 1.64. The van der Waals surface area contributed by atoms with Crippen molar-refractivity contribution in [2.24, 2.45) is 5.92 Å². The van der Waals surface area contributed by atoms with E-state index in [4.69, 9.17) is 4.74 Å². The number of amides is 1. The fraction of sp³-hybridized carbons (Fsp3) is 0.938. The van der Waals surface area contributed by atoms with Gasteiger partial charge in [-0.25, -0.2) is 4.79 Å². The van der Waals surface area contributed by atoms with Crippen LogP contribution in [0.4, 0.5) is 4.79 Å². The van der Waals surface area contributed by atoms with Crippen molar-refractivity contribution in [3.63, 3.8) is 0 Å². The molecule has 4 nitrogen and oxygen atoms in total. The molecule has 0 aromatic carbocycles. The lowest BCUT2D eigenvalue weighted by atomic mass is 9.82. The second kappa shape index (κ2) is 6.79. The number of hydrogen-bond donors (Lipinski definition) is 2. The summed E-state index contributed by atoms with van der Waals surface area (Å²) in [7, 11) is 0. The zero-order valence-corrected chi connectivity index (χ0v) is 13.2. The number of hydrogen-bond acceptors (Lipinski definition) is 3. The Kier molecular flexibility index (Phi) is 5.30. The molecule has 0 aromatic rings. The number of carbonyl (C=O) groups excluding carboxylic acids is 1. The van der Waals surface area contributed by atoms with Crippen molar-refractivity contribution in [3.05, 3.63) is 0 Å². The van der Waals surface area contributed by atoms with E-state index in [1.165, 1.54) is 38.6 Å². The smallest absolute Gasteiger partial charge is 0.407 e. The van der Waals surface area contributed by atoms with Gasteiger partial charge in [-0.15, -0.1) is 0 Å². The Morgan fingerprint density at radius 1 is 1.20 bits per heavy atom. The Hall–Kier alpha value is -0.770. The third kappa shape index (κ3) is 5.31. The predicted octanol–water partition coefficient (Wildman–Crippen LogP) is 3.21. The summed E-state index contributed by atoms with van der Waals surface area (Å²) in [6.45, 7) is 6.90. The Morgan fingerprint density at radius 3 is 2.45 bits per heavy atom. The van der Waals surface area contributed by atoms with Crippen molar-refractivity contribution in [3.8, 4) is 0 Å². The molecular weight excluding hydrogens is 252 g/mol. The number of ether oxygens (including phenoxy) is 1. The van der Waals surface area contributed by atoms with E-state index in [1.807, 2.05) is 20.8 Å². The van der Waals surface area contributed by atoms with Gasteiger partial charge in [0.15, 0.2) is 0 Å². The maximum Gasteiger partial charge on any atom is 0.407 e. The Bertz CT molecular complexity index is 311. The van der Waals surface area contributed by atoms with Crippen LogP contribution in [0, 0.1) is 5.92 Å². The molecule has 20 heavy (non-hydrogen) atoms. The van der Waals surface area contributed by atoms with Crippen LogP contribution in [-0.2, 0) is 4.74 Å². The summed E-state index contributed by atoms with van der Waals surface area (Å²) in [5.41, 5.74) is -0.407. The largest absolute Gasteiger partial charge is 0.444 e. The highest BCUT2D eigenvalue weighted by Gasteiger charge is 2.27. The van der Waals surface area contributed by atoms with Crippen LogP contribution in [-0.4, -0.2) is 30.3 Å². The van der Waals surface area contributed by atoms with Crippen molar-refractivity contribution in [1.82, 2.24) is 10.6 Å². The first-order chi connectivity index (χ1) is 9.42. The second-order valence-electron chi connectivity index (χ2n) is 7.39. The molecule has 0 bridgehead atoms. The van der Waals surface area contributed by atoms with Gasteiger partial charge in [0.25, 0.3) is 0 Å². The minimum atomic E-state index is -0.407. The van der Waals surface area contributed by atoms with Crippen LogP contribution < -0.4 is 10.6 Å². The molecule has 1 aliphatic carbocycles. The van der Waals surface area contributed by atoms with Gasteiger partial charge < -0.3 is 15.4 Å². The molecule has 2 aliphatic rings. The maximum atomic E-state index is 11.7. The molecule has 1 saturated carbocycles. The number of nitrogens with one attached hydrogen (secondary N) is 2. The molecule has 1 saturated heterocycles. The topological polar surface area (TPSA) is 50.4 Å². The molecule has 116 valence electrons. The van der Waals surface area contributed by atoms with Crippen molar-refractivity contribution < 1.29 is 9.53 Å². The molecule has 2 N–H and O–H groups in total. The van der Waals surface area contributed by atoms with E-state index in [1.54, 1.807) is 0 Å². The Morgan fingerprint density at radius 2 is 1.90 bits per heavy atom. The SMILES string of the molecule is CC(C)(C)OC(=O)NC1CCC(CC2CCCN2)CC1. The van der Waals surface area contributed by atoms with Gasteiger partial charge in [0.2, 0.25) is 0 Å². The summed E-state index contributed by atoms with van der Waals surface area (Å²) in [5.74, 6) is 0.835. The molecule has 0 aromatic heterocycles. The average Bonchev–Trinajstić information content (AvgIpc) is 2.82. The highest BCUT2D eigenvalue weighted by molar-refractivity contribution is 5.68. The van der Waals surface area contributed by atoms with Crippen molar-refractivity contribution in [2.75, 3.05) is 6.54 Å². The number of rotatable bonds is 3. The lowest BCUT2D eigenvalue weighted by Crippen LogP contribution is -2.41. The highest BCUT2D eigenvalue weighted by Crippen LogP contribution is 2.29. The summed E-state index contributed by atoms with van der Waals surface area (Å²) in [6, 6.07) is 1.05. The van der Waals surface area contributed by atoms with Crippen LogP contribution in [0.3, 0.4) is 0 Å². The van der Waals surface area contributed by atoms with Crippen molar-refractivity contribution in [1.29, 1.82) is 0 Å². The zero-order chi connectivity index (χ0) is 14.6. The molecule has 2 rings (SSSR count). The molecular formula is C16H30N2O2. The summed E-state index contributed by atoms with van der Waals surface area (Å²) in [6.07, 6.45) is 8.39. The third-order valence-corrected chi connectivity index (χ3v) is 4.35. The molecule has 1 amide bonds. The fourth-order valence-electron chi connectivity index (χ4n) is 3.38. The lowest BCUT2D eigenvalue weighted by molar-refractivity contribution is 0.0486. The Labute approximate surface area is 123 Å². The van der Waals surface area contributed by atoms with E-state index >= 15 is 0 Å². The van der Waals surface area contributed by atoms with E-state index in [0.29, 0.717) is 6.04 Å². The molecule has 1 aliphatic heterocycles. The molecule has 1 unspecified atom stereocenters. The average molecular weight is 282 g/mol. The van der Waals surface area contributed by atoms with Gasteiger partial charge in [-0.1, -0.05) is 0 Å². The van der Waals surface area contributed by atoms with E-state index in [9.17, 15) is 4.79 Å². The zero-order valence-electron chi connectivity index (χ0n) is 13.2. The first-order valence-electron chi connectivity index (χ1n) is 8.15. The van der Waals surface area contributed by atoms with Crippen LogP contribution in [0.15, 0.2) is 0 Å². The molecule has 0 radical (unpaired) electrons. The van der Waals surface area contributed by atoms with Gasteiger partial charge in [-0.2, -0.15) is 0 Å². The van der Waals surface area contributed by atoms with Crippen molar-refractivity contribution >= 4 is 6.09 Å². The van der Waals surface area contributed by atoms with Gasteiger partial charge in [-0.3, -0.25) is 0 Å². The van der Waals surface area contributed by atoms with Gasteiger partial charge in [0.1, 0.15) is 5.60 Å². The van der Waals surface area contributed by atoms with E-state index < -0.39 is 5.60 Å². The molecule has 2 fully saturated rings. The summed E-state index contributed by atoms with van der Waals surface area (Å²) < 4.78 is 5.31. The number of carbonyl (C=O) groups is 1. The summed E-state index contributed by atoms with van der Waals surface area (Å²) >= 11 is 0. The van der Waals surface area contributed by atoms with Crippen LogP contribution >= 0.6 is 0 Å². The van der Waals surface area contributed by atoms with E-state index in [0.717, 1.165) is 24.8 Å². The van der Waals surface area contributed by atoms with E-state index in [-0.39, 0.29) is 6.09 Å². The molecule has 0 spiro atoms. The molecule has 1 atom stereocenters. The fourth-order valence-corrected chi connectivity index (χ4v) is 3.38. The highest BCUT2D eigenvalue weighted by atomic mass is 16.6. The van der Waals surface area contributed by atoms with Crippen molar-refractivity contribution in [2.45, 2.75) is 83.4 Å². The van der Waals surface area contributed by atoms with Gasteiger partial charge in [0, 0.05) is 12.1 Å². The summed E-state index contributed by atoms with van der Waals surface area (Å²) in [5, 5.41) is 6.60. The monoisotopic (exact) mass is 282 g/mol. The third-order valence-electron chi connectivity index (χ3n) is 4.35. The summed E-state index contributed by atoms with van der Waals surface area (Å²) in [4.78, 5) is 11.7. The molecule has 4 heteroatoms. The van der Waals surface area contributed by atoms with Crippen LogP contribution in [0.1, 0.15) is 65.7 Å². The normalized spacial score (nSPS) is 31.1. The van der Waals surface area contributed by atoms with Gasteiger partial charge >= 0.3 is 6.09 Å². The first kappa shape index (κ1) is 15.6. The van der Waals surface area contributed by atoms with Gasteiger partial charge in [-0.05, 0) is 78.2 Å². The maximum absolute atomic E-state index is 11.7. The second-order valence-corrected chi connectivity index (χ2v) is 7.39. The quantitative estimate of drug-likeness (QED) is 0.835. The molecule has 1 heterocycles. The first-order valence-corrected chi connectivity index (χ1v) is 8.15. The van der Waals surface area contributed by atoms with E-state index in [2.05, 4.69) is 10.6 Å². The minimum Gasteiger partial charge on any atom is -0.444 e. The van der Waals surface area contributed by atoms with Gasteiger partial charge in [0.05, 0.1) is 0 Å². The van der Waals surface area contributed by atoms with Crippen LogP contribution in [0.2, 0.25) is 0 Å². The number of alkyl carbamates (subject to hydrolysis) is 1. The minimum absolute atomic E-state index is 0.265. The van der Waals surface area contributed by atoms with Crippen LogP contribution in [0.25, 0.3) is 0 Å². The standard InChI is InChI=1S/C16H30N2O2/c1-16(2,3)20-15(19)18-13-8-6-12(7-9-13)11-14-5-4-10-17-14/h12-14,17H,4-11H2,1-3H3,(H,18,19). The van der Waals surface area contributed by atoms with Crippen LogP contribution in [0.5, 0.6) is 0 Å².